The third kappa shape index (κ3) is 3.21. The summed E-state index contributed by atoms with van der Waals surface area (Å²) < 4.78 is 10.3. The first-order valence-electron chi connectivity index (χ1n) is 9.27. The van der Waals surface area contributed by atoms with Crippen molar-refractivity contribution in [3.05, 3.63) is 41.0 Å². The van der Waals surface area contributed by atoms with Crippen LogP contribution >= 0.6 is 0 Å². The van der Waals surface area contributed by atoms with E-state index in [1.807, 2.05) is 6.07 Å². The Morgan fingerprint density at radius 1 is 1.39 bits per heavy atom. The van der Waals surface area contributed by atoms with E-state index in [4.69, 9.17) is 14.5 Å². The number of carbonyl (C=O) groups is 1. The van der Waals surface area contributed by atoms with E-state index < -0.39 is 0 Å². The van der Waals surface area contributed by atoms with Crippen molar-refractivity contribution in [1.29, 1.82) is 5.26 Å². The smallest absolute Gasteiger partial charge is 0.270 e. The van der Waals surface area contributed by atoms with Gasteiger partial charge in [-0.05, 0) is 32.1 Å². The van der Waals surface area contributed by atoms with Gasteiger partial charge in [0.05, 0.1) is 19.3 Å². The average molecular weight is 382 g/mol. The van der Waals surface area contributed by atoms with Gasteiger partial charge in [-0.2, -0.15) is 5.26 Å². The van der Waals surface area contributed by atoms with Crippen molar-refractivity contribution < 1.29 is 14.1 Å². The summed E-state index contributed by atoms with van der Waals surface area (Å²) in [7, 11) is 1.48. The molecule has 3 N–H and O–H groups in total. The van der Waals surface area contributed by atoms with Gasteiger partial charge in [0.25, 0.3) is 5.91 Å². The number of fused-ring (bicyclic) bond motifs is 1. The van der Waals surface area contributed by atoms with Crippen LogP contribution in [0, 0.1) is 24.2 Å². The van der Waals surface area contributed by atoms with Gasteiger partial charge in [0, 0.05) is 29.4 Å². The van der Waals surface area contributed by atoms with E-state index in [1.165, 1.54) is 13.3 Å². The van der Waals surface area contributed by atoms with Gasteiger partial charge in [-0.3, -0.25) is 10.2 Å². The third-order valence-corrected chi connectivity index (χ3v) is 5.70. The Bertz CT molecular complexity index is 907. The van der Waals surface area contributed by atoms with Crippen LogP contribution in [-0.2, 0) is 0 Å². The molecule has 0 aromatic carbocycles. The molecule has 1 aliphatic carbocycles. The Morgan fingerprint density at radius 2 is 2.25 bits per heavy atom. The maximum Gasteiger partial charge on any atom is 0.270 e. The van der Waals surface area contributed by atoms with Gasteiger partial charge in [-0.1, -0.05) is 5.16 Å². The molecule has 28 heavy (non-hydrogen) atoms. The largest absolute Gasteiger partial charge is 0.495 e. The van der Waals surface area contributed by atoms with Crippen LogP contribution in [0.2, 0.25) is 0 Å². The first kappa shape index (κ1) is 18.4. The molecule has 4 atom stereocenters. The van der Waals surface area contributed by atoms with Gasteiger partial charge in [-0.25, -0.2) is 10.4 Å². The molecule has 0 spiro atoms. The number of ether oxygens (including phenoxy) is 1. The summed E-state index contributed by atoms with van der Waals surface area (Å²) in [5.41, 5.74) is 8.84. The summed E-state index contributed by atoms with van der Waals surface area (Å²) in [6, 6.07) is 2.53. The van der Waals surface area contributed by atoms with Gasteiger partial charge < -0.3 is 14.6 Å². The summed E-state index contributed by atoms with van der Waals surface area (Å²) in [6.45, 7) is 1.74. The molecule has 2 aliphatic rings. The second kappa shape index (κ2) is 7.58. The van der Waals surface area contributed by atoms with Crippen molar-refractivity contribution in [3.8, 4) is 11.8 Å². The van der Waals surface area contributed by atoms with E-state index in [-0.39, 0.29) is 23.7 Å². The number of hydrazine groups is 1. The monoisotopic (exact) mass is 382 g/mol. The standard InChI is InChI=1S/C19H22N6O3/c1-10-16(21-7-11(6-20)18(10)27-2)19(26)23-13-3-4-15-14(5-13)17(25-24-15)12-8-22-28-9-12/h7-9,13-15,17,24-25H,3-5H2,1-2H3,(H,23,26). The SMILES string of the molecule is COc1c(C#N)cnc(C(=O)NC2CCC3NNC(c4cnoc4)C3C2)c1C. The summed E-state index contributed by atoms with van der Waals surface area (Å²) in [5.74, 6) is 0.468. The minimum atomic E-state index is -0.246. The van der Waals surface area contributed by atoms with Gasteiger partial charge in [0.1, 0.15) is 29.3 Å². The number of rotatable bonds is 4. The normalized spacial score (nSPS) is 26.3. The number of nitrogens with zero attached hydrogens (tertiary/aromatic N) is 3. The zero-order valence-corrected chi connectivity index (χ0v) is 15.7. The predicted octanol–water partition coefficient (Wildman–Crippen LogP) is 1.37. The van der Waals surface area contributed by atoms with Gasteiger partial charge >= 0.3 is 0 Å². The number of carbonyl (C=O) groups excluding carboxylic acids is 1. The highest BCUT2D eigenvalue weighted by atomic mass is 16.5. The van der Waals surface area contributed by atoms with Crippen LogP contribution in [0.15, 0.2) is 23.2 Å². The molecule has 0 radical (unpaired) electrons. The molecule has 0 bridgehead atoms. The van der Waals surface area contributed by atoms with Crippen LogP contribution in [0.4, 0.5) is 0 Å². The molecular formula is C19H22N6O3. The number of nitriles is 1. The van der Waals surface area contributed by atoms with Crippen LogP contribution in [0.5, 0.6) is 5.75 Å². The lowest BCUT2D eigenvalue weighted by molar-refractivity contribution is 0.0909. The lowest BCUT2D eigenvalue weighted by atomic mass is 9.78. The Balaban J connectivity index is 1.48. The van der Waals surface area contributed by atoms with E-state index in [1.54, 1.807) is 19.4 Å². The number of pyridine rings is 1. The summed E-state index contributed by atoms with van der Waals surface area (Å²) in [4.78, 5) is 17.0. The van der Waals surface area contributed by atoms with Crippen molar-refractivity contribution in [2.75, 3.05) is 7.11 Å². The molecule has 2 aromatic rings. The number of hydrogen-bond donors (Lipinski definition) is 3. The van der Waals surface area contributed by atoms with Crippen molar-refractivity contribution in [2.24, 2.45) is 5.92 Å². The zero-order chi connectivity index (χ0) is 19.7. The molecule has 4 rings (SSSR count). The molecule has 2 fully saturated rings. The second-order valence-corrected chi connectivity index (χ2v) is 7.27. The molecule has 1 amide bonds. The lowest BCUT2D eigenvalue weighted by Crippen LogP contribution is -2.44. The molecular weight excluding hydrogens is 360 g/mol. The Hall–Kier alpha value is -2.96. The van der Waals surface area contributed by atoms with Crippen LogP contribution in [0.1, 0.15) is 52.5 Å². The highest BCUT2D eigenvalue weighted by Gasteiger charge is 2.42. The van der Waals surface area contributed by atoms with E-state index in [0.29, 0.717) is 28.8 Å². The van der Waals surface area contributed by atoms with E-state index in [0.717, 1.165) is 24.8 Å². The van der Waals surface area contributed by atoms with E-state index in [2.05, 4.69) is 26.3 Å². The number of methoxy groups -OCH3 is 1. The third-order valence-electron chi connectivity index (χ3n) is 5.70. The fourth-order valence-electron chi connectivity index (χ4n) is 4.30. The minimum Gasteiger partial charge on any atom is -0.495 e. The molecule has 1 aliphatic heterocycles. The number of nitrogens with one attached hydrogen (secondary N) is 3. The Labute approximate surface area is 162 Å². The maximum absolute atomic E-state index is 12.8. The molecule has 146 valence electrons. The molecule has 4 unspecified atom stereocenters. The fourth-order valence-corrected chi connectivity index (χ4v) is 4.30. The minimum absolute atomic E-state index is 0.0423. The number of amides is 1. The van der Waals surface area contributed by atoms with Crippen molar-refractivity contribution in [1.82, 2.24) is 26.3 Å². The quantitative estimate of drug-likeness (QED) is 0.724. The molecule has 9 nitrogen and oxygen atoms in total. The predicted molar refractivity (Wildman–Crippen MR) is 98.1 cm³/mol. The van der Waals surface area contributed by atoms with Gasteiger partial charge in [0.15, 0.2) is 0 Å². The van der Waals surface area contributed by atoms with Crippen LogP contribution < -0.4 is 20.9 Å². The molecule has 3 heterocycles. The van der Waals surface area contributed by atoms with Crippen LogP contribution in [0.25, 0.3) is 0 Å². The summed E-state index contributed by atoms with van der Waals surface area (Å²) in [6.07, 6.45) is 7.42. The topological polar surface area (TPSA) is 125 Å². The highest BCUT2D eigenvalue weighted by Crippen LogP contribution is 2.38. The zero-order valence-electron chi connectivity index (χ0n) is 15.7. The molecule has 9 heteroatoms. The van der Waals surface area contributed by atoms with Gasteiger partial charge in [-0.15, -0.1) is 0 Å². The average Bonchev–Trinajstić information content (AvgIpc) is 3.36. The molecule has 1 saturated heterocycles. The van der Waals surface area contributed by atoms with E-state index in [9.17, 15) is 4.79 Å². The van der Waals surface area contributed by atoms with Crippen LogP contribution in [-0.4, -0.2) is 35.2 Å². The van der Waals surface area contributed by atoms with E-state index >= 15 is 0 Å². The lowest BCUT2D eigenvalue weighted by Gasteiger charge is -2.33. The highest BCUT2D eigenvalue weighted by molar-refractivity contribution is 5.94. The van der Waals surface area contributed by atoms with Crippen LogP contribution in [0.3, 0.4) is 0 Å². The summed E-state index contributed by atoms with van der Waals surface area (Å²) in [5, 5.41) is 16.1. The van der Waals surface area contributed by atoms with Gasteiger partial charge in [0.2, 0.25) is 0 Å². The Morgan fingerprint density at radius 3 is 2.96 bits per heavy atom. The molecule has 1 saturated carbocycles. The van der Waals surface area contributed by atoms with Crippen molar-refractivity contribution >= 4 is 5.91 Å². The fraction of sp³-hybridized carbons (Fsp3) is 0.474. The second-order valence-electron chi connectivity index (χ2n) is 7.27. The van der Waals surface area contributed by atoms with Crippen molar-refractivity contribution in [2.45, 2.75) is 44.3 Å². The number of hydrogen-bond acceptors (Lipinski definition) is 8. The molecule has 2 aromatic heterocycles. The first-order valence-corrected chi connectivity index (χ1v) is 9.27. The first-order chi connectivity index (χ1) is 13.6. The summed E-state index contributed by atoms with van der Waals surface area (Å²) >= 11 is 0. The maximum atomic E-state index is 12.8. The Kier molecular flexibility index (Phi) is 4.98. The van der Waals surface area contributed by atoms with Crippen molar-refractivity contribution in [3.63, 3.8) is 0 Å². The number of aromatic nitrogens is 2.